The smallest absolute Gasteiger partial charge is 0.127 e. The molecule has 0 aliphatic rings. The summed E-state index contributed by atoms with van der Waals surface area (Å²) in [5, 5.41) is 5.70. The fourth-order valence-electron chi connectivity index (χ4n) is 2.33. The summed E-state index contributed by atoms with van der Waals surface area (Å²) in [7, 11) is 3.34. The lowest BCUT2D eigenvalue weighted by molar-refractivity contribution is 0.383. The van der Waals surface area contributed by atoms with Crippen LogP contribution in [-0.2, 0) is 0 Å². The second-order valence-electron chi connectivity index (χ2n) is 4.85. The summed E-state index contributed by atoms with van der Waals surface area (Å²) in [6.07, 6.45) is 0. The van der Waals surface area contributed by atoms with Gasteiger partial charge in [0.25, 0.3) is 0 Å². The highest BCUT2D eigenvalue weighted by Gasteiger charge is 2.17. The van der Waals surface area contributed by atoms with E-state index in [4.69, 9.17) is 9.47 Å². The average Bonchev–Trinajstić information content (AvgIpc) is 2.92. The highest BCUT2D eigenvalue weighted by atomic mass is 79.9. The number of halogens is 1. The molecule has 2 aromatic rings. The van der Waals surface area contributed by atoms with E-state index in [0.717, 1.165) is 21.5 Å². The topological polar surface area (TPSA) is 30.5 Å². The fraction of sp³-hybridized carbons (Fsp3) is 0.375. The van der Waals surface area contributed by atoms with Crippen molar-refractivity contribution in [3.63, 3.8) is 0 Å². The number of methoxy groups -OCH3 is 2. The first-order valence-electron chi connectivity index (χ1n) is 6.77. The predicted octanol–water partition coefficient (Wildman–Crippen LogP) is 4.94. The van der Waals surface area contributed by atoms with Crippen molar-refractivity contribution in [3.05, 3.63) is 44.6 Å². The maximum absolute atomic E-state index is 5.48. The Morgan fingerprint density at radius 3 is 2.43 bits per heavy atom. The summed E-state index contributed by atoms with van der Waals surface area (Å²) < 4.78 is 11.9. The normalized spacial score (nSPS) is 13.8. The molecule has 5 heteroatoms. The number of ether oxygens (including phenoxy) is 2. The Kier molecular flexibility index (Phi) is 5.67. The van der Waals surface area contributed by atoms with Crippen molar-refractivity contribution in [1.29, 1.82) is 0 Å². The first-order chi connectivity index (χ1) is 10.1. The molecule has 0 aliphatic heterocycles. The Morgan fingerprint density at radius 1 is 1.10 bits per heavy atom. The van der Waals surface area contributed by atoms with Gasteiger partial charge in [0, 0.05) is 33.1 Å². The molecule has 1 N–H and O–H groups in total. The molecule has 114 valence electrons. The van der Waals surface area contributed by atoms with Crippen molar-refractivity contribution in [1.82, 2.24) is 5.32 Å². The van der Waals surface area contributed by atoms with Gasteiger partial charge in [-0.1, -0.05) is 6.07 Å². The lowest BCUT2D eigenvalue weighted by Crippen LogP contribution is -2.22. The second-order valence-corrected chi connectivity index (χ2v) is 6.65. The zero-order chi connectivity index (χ0) is 15.4. The molecule has 1 heterocycles. The Labute approximate surface area is 138 Å². The van der Waals surface area contributed by atoms with Gasteiger partial charge >= 0.3 is 0 Å². The van der Waals surface area contributed by atoms with Gasteiger partial charge in [-0.25, -0.2) is 0 Å². The van der Waals surface area contributed by atoms with Gasteiger partial charge in [-0.2, -0.15) is 0 Å². The van der Waals surface area contributed by atoms with Crippen molar-refractivity contribution in [2.75, 3.05) is 14.2 Å². The van der Waals surface area contributed by atoms with Crippen LogP contribution in [0.15, 0.2) is 34.1 Å². The Hall–Kier alpha value is -1.04. The molecule has 21 heavy (non-hydrogen) atoms. The van der Waals surface area contributed by atoms with Crippen LogP contribution in [0.5, 0.6) is 11.5 Å². The number of benzene rings is 1. The van der Waals surface area contributed by atoms with E-state index >= 15 is 0 Å². The molecule has 1 aromatic carbocycles. The first-order valence-corrected chi connectivity index (χ1v) is 8.45. The molecule has 0 amide bonds. The number of thiophene rings is 1. The van der Waals surface area contributed by atoms with E-state index in [1.54, 1.807) is 25.6 Å². The van der Waals surface area contributed by atoms with Gasteiger partial charge in [0.15, 0.2) is 0 Å². The van der Waals surface area contributed by atoms with E-state index in [2.05, 4.69) is 46.5 Å². The van der Waals surface area contributed by atoms with Crippen molar-refractivity contribution in [2.24, 2.45) is 0 Å². The van der Waals surface area contributed by atoms with Crippen LogP contribution < -0.4 is 14.8 Å². The fourth-order valence-corrected chi connectivity index (χ4v) is 4.07. The molecule has 2 unspecified atom stereocenters. The molecular weight excluding hydrogens is 350 g/mol. The van der Waals surface area contributed by atoms with E-state index in [0.29, 0.717) is 0 Å². The number of rotatable bonds is 6. The van der Waals surface area contributed by atoms with Crippen LogP contribution in [0, 0.1) is 0 Å². The van der Waals surface area contributed by atoms with E-state index in [1.165, 1.54) is 4.88 Å². The van der Waals surface area contributed by atoms with E-state index in [-0.39, 0.29) is 12.1 Å². The molecular formula is C16H20BrNO2S. The first kappa shape index (κ1) is 16.3. The summed E-state index contributed by atoms with van der Waals surface area (Å²) in [4.78, 5) is 1.30. The van der Waals surface area contributed by atoms with Crippen LogP contribution in [-0.4, -0.2) is 14.2 Å². The predicted molar refractivity (Wildman–Crippen MR) is 91.5 cm³/mol. The molecule has 2 rings (SSSR count). The molecule has 0 radical (unpaired) electrons. The van der Waals surface area contributed by atoms with Crippen LogP contribution in [0.4, 0.5) is 0 Å². The second kappa shape index (κ2) is 7.29. The average molecular weight is 370 g/mol. The molecule has 0 aliphatic carbocycles. The van der Waals surface area contributed by atoms with Gasteiger partial charge in [-0.15, -0.1) is 11.3 Å². The van der Waals surface area contributed by atoms with Crippen LogP contribution >= 0.6 is 27.3 Å². The highest BCUT2D eigenvalue weighted by Crippen LogP contribution is 2.33. The Balaban J connectivity index is 2.16. The lowest BCUT2D eigenvalue weighted by Gasteiger charge is -2.22. The molecule has 2 atom stereocenters. The third-order valence-corrected chi connectivity index (χ3v) is 5.50. The Morgan fingerprint density at radius 2 is 1.86 bits per heavy atom. The van der Waals surface area contributed by atoms with Gasteiger partial charge in [0.05, 0.1) is 14.2 Å². The lowest BCUT2D eigenvalue weighted by atomic mass is 10.1. The molecule has 3 nitrogen and oxygen atoms in total. The monoisotopic (exact) mass is 369 g/mol. The van der Waals surface area contributed by atoms with Gasteiger partial charge in [-0.05, 0) is 47.3 Å². The maximum atomic E-state index is 5.48. The van der Waals surface area contributed by atoms with Gasteiger partial charge in [0.1, 0.15) is 11.5 Å². The number of hydrogen-bond acceptors (Lipinski definition) is 4. The molecule has 0 saturated heterocycles. The minimum Gasteiger partial charge on any atom is -0.497 e. The summed E-state index contributed by atoms with van der Waals surface area (Å²) in [5.41, 5.74) is 1.12. The van der Waals surface area contributed by atoms with E-state index in [1.807, 2.05) is 18.2 Å². The molecule has 0 saturated carbocycles. The zero-order valence-corrected chi connectivity index (χ0v) is 15.0. The highest BCUT2D eigenvalue weighted by molar-refractivity contribution is 9.10. The largest absolute Gasteiger partial charge is 0.497 e. The van der Waals surface area contributed by atoms with Crippen molar-refractivity contribution in [2.45, 2.75) is 25.9 Å². The minimum atomic E-state index is 0.176. The molecule has 1 aromatic heterocycles. The summed E-state index contributed by atoms with van der Waals surface area (Å²) in [6.45, 7) is 4.31. The van der Waals surface area contributed by atoms with Crippen molar-refractivity contribution >= 4 is 27.3 Å². The SMILES string of the molecule is COc1ccc(C(C)NC(C)c2sccc2Br)c(OC)c1. The maximum Gasteiger partial charge on any atom is 0.127 e. The number of hydrogen-bond donors (Lipinski definition) is 1. The minimum absolute atomic E-state index is 0.176. The molecule has 0 bridgehead atoms. The standard InChI is InChI=1S/C16H20BrNO2S/c1-10(18-11(2)16-14(17)7-8-21-16)13-6-5-12(19-3)9-15(13)20-4/h5-11,18H,1-4H3. The third-order valence-electron chi connectivity index (χ3n) is 3.45. The van der Waals surface area contributed by atoms with Gasteiger partial charge in [0.2, 0.25) is 0 Å². The Bertz CT molecular complexity index is 600. The quantitative estimate of drug-likeness (QED) is 0.781. The number of nitrogens with one attached hydrogen (secondary N) is 1. The van der Waals surface area contributed by atoms with Gasteiger partial charge < -0.3 is 14.8 Å². The van der Waals surface area contributed by atoms with Gasteiger partial charge in [-0.3, -0.25) is 0 Å². The van der Waals surface area contributed by atoms with Crippen LogP contribution in [0.1, 0.15) is 36.4 Å². The molecule has 0 spiro atoms. The zero-order valence-electron chi connectivity index (χ0n) is 12.6. The molecule has 0 fully saturated rings. The third kappa shape index (κ3) is 3.78. The van der Waals surface area contributed by atoms with Crippen molar-refractivity contribution < 1.29 is 9.47 Å². The summed E-state index contributed by atoms with van der Waals surface area (Å²) >= 11 is 5.34. The summed E-state index contributed by atoms with van der Waals surface area (Å²) in [6, 6.07) is 8.44. The van der Waals surface area contributed by atoms with E-state index < -0.39 is 0 Å². The van der Waals surface area contributed by atoms with Crippen molar-refractivity contribution in [3.8, 4) is 11.5 Å². The van der Waals surface area contributed by atoms with Crippen LogP contribution in [0.3, 0.4) is 0 Å². The summed E-state index contributed by atoms with van der Waals surface area (Å²) in [5.74, 6) is 1.64. The van der Waals surface area contributed by atoms with E-state index in [9.17, 15) is 0 Å². The van der Waals surface area contributed by atoms with Crippen LogP contribution in [0.2, 0.25) is 0 Å². The van der Waals surface area contributed by atoms with Crippen LogP contribution in [0.25, 0.3) is 0 Å².